The minimum atomic E-state index is -0.294. The quantitative estimate of drug-likeness (QED) is 0.817. The summed E-state index contributed by atoms with van der Waals surface area (Å²) >= 11 is 7.34. The predicted octanol–water partition coefficient (Wildman–Crippen LogP) is 3.25. The summed E-state index contributed by atoms with van der Waals surface area (Å²) in [6.45, 7) is 5.62. The molecule has 0 spiro atoms. The minimum Gasteiger partial charge on any atom is -0.493 e. The maximum absolute atomic E-state index is 12.7. The average molecular weight is 373 g/mol. The molecule has 2 fully saturated rings. The molecule has 2 aliphatic rings. The maximum Gasteiger partial charge on any atom is 0.410 e. The number of rotatable bonds is 3. The number of halogens is 1. The molecule has 2 aliphatic heterocycles. The van der Waals surface area contributed by atoms with Gasteiger partial charge in [-0.3, -0.25) is 9.69 Å². The number of ether oxygens (including phenoxy) is 2. The van der Waals surface area contributed by atoms with Crippen molar-refractivity contribution < 1.29 is 19.1 Å². The van der Waals surface area contributed by atoms with Crippen molar-refractivity contribution >= 4 is 34.9 Å². The summed E-state index contributed by atoms with van der Waals surface area (Å²) in [7, 11) is 1.51. The Morgan fingerprint density at radius 1 is 1.42 bits per heavy atom. The van der Waals surface area contributed by atoms with Gasteiger partial charge < -0.3 is 14.4 Å². The summed E-state index contributed by atoms with van der Waals surface area (Å²) in [6.07, 6.45) is 1.23. The second-order valence-corrected chi connectivity index (χ2v) is 8.20. The fourth-order valence-electron chi connectivity index (χ4n) is 3.43. The van der Waals surface area contributed by atoms with E-state index in [1.54, 1.807) is 10.3 Å². The van der Waals surface area contributed by atoms with Gasteiger partial charge in [-0.05, 0) is 26.7 Å². The van der Waals surface area contributed by atoms with Gasteiger partial charge in [-0.15, -0.1) is 11.3 Å². The molecule has 3 heterocycles. The molecule has 0 N–H and O–H groups in total. The molecule has 0 bridgehead atoms. The molecule has 24 heavy (non-hydrogen) atoms. The van der Waals surface area contributed by atoms with Crippen molar-refractivity contribution in [3.63, 3.8) is 0 Å². The number of thiophene rings is 1. The van der Waals surface area contributed by atoms with Crippen LogP contribution in [0.1, 0.15) is 37.0 Å². The Kier molecular flexibility index (Phi) is 4.66. The Morgan fingerprint density at radius 3 is 2.62 bits per heavy atom. The van der Waals surface area contributed by atoms with Crippen LogP contribution in [-0.4, -0.2) is 60.2 Å². The standard InChI is InChI=1S/C16H21ClN2O4S/c1-16(2)9-23-15(21)19(16)10-4-6-18(7-5-10)14(20)11-8-24-13(17)12(11)22-3/h8,10H,4-7,9H2,1-3H3. The number of hydrogen-bond acceptors (Lipinski definition) is 5. The van der Waals surface area contributed by atoms with Crippen molar-refractivity contribution in [2.45, 2.75) is 38.3 Å². The molecule has 3 rings (SSSR count). The van der Waals surface area contributed by atoms with Gasteiger partial charge in [0.05, 0.1) is 18.2 Å². The minimum absolute atomic E-state index is 0.0725. The van der Waals surface area contributed by atoms with Crippen LogP contribution in [0.5, 0.6) is 5.75 Å². The Hall–Kier alpha value is -1.47. The van der Waals surface area contributed by atoms with Crippen LogP contribution in [0.4, 0.5) is 4.79 Å². The number of likely N-dealkylation sites (tertiary alicyclic amines) is 1. The van der Waals surface area contributed by atoms with Crippen LogP contribution in [0.25, 0.3) is 0 Å². The lowest BCUT2D eigenvalue weighted by Gasteiger charge is -2.40. The highest BCUT2D eigenvalue weighted by atomic mass is 35.5. The number of carbonyl (C=O) groups excluding carboxylic acids is 2. The second-order valence-electron chi connectivity index (χ2n) is 6.72. The van der Waals surface area contributed by atoms with E-state index in [-0.39, 0.29) is 23.6 Å². The molecule has 2 saturated heterocycles. The largest absolute Gasteiger partial charge is 0.493 e. The van der Waals surface area contributed by atoms with Crippen molar-refractivity contribution in [2.75, 3.05) is 26.8 Å². The van der Waals surface area contributed by atoms with Crippen LogP contribution in [0, 0.1) is 0 Å². The number of piperidine rings is 1. The number of carbonyl (C=O) groups is 2. The number of nitrogens with zero attached hydrogens (tertiary/aromatic N) is 2. The van der Waals surface area contributed by atoms with Gasteiger partial charge in [0.15, 0.2) is 5.75 Å². The molecule has 1 aromatic heterocycles. The molecule has 6 nitrogen and oxygen atoms in total. The molecule has 0 saturated carbocycles. The van der Waals surface area contributed by atoms with Crippen molar-refractivity contribution in [2.24, 2.45) is 0 Å². The van der Waals surface area contributed by atoms with Gasteiger partial charge in [-0.25, -0.2) is 4.79 Å². The lowest BCUT2D eigenvalue weighted by atomic mass is 9.97. The van der Waals surface area contributed by atoms with Gasteiger partial charge in [0.1, 0.15) is 10.9 Å². The van der Waals surface area contributed by atoms with Gasteiger partial charge in [0.2, 0.25) is 0 Å². The summed E-state index contributed by atoms with van der Waals surface area (Å²) in [6, 6.07) is 0.104. The molecule has 0 atom stereocenters. The molecule has 0 radical (unpaired) electrons. The van der Waals surface area contributed by atoms with Crippen LogP contribution in [0.2, 0.25) is 4.34 Å². The highest BCUT2D eigenvalue weighted by Crippen LogP contribution is 2.36. The van der Waals surface area contributed by atoms with Crippen molar-refractivity contribution in [3.05, 3.63) is 15.3 Å². The van der Waals surface area contributed by atoms with E-state index in [9.17, 15) is 9.59 Å². The Labute approximate surface area is 150 Å². The first-order valence-electron chi connectivity index (χ1n) is 7.91. The van der Waals surface area contributed by atoms with Crippen LogP contribution in [-0.2, 0) is 4.74 Å². The highest BCUT2D eigenvalue weighted by molar-refractivity contribution is 7.15. The fourth-order valence-corrected chi connectivity index (χ4v) is 4.47. The predicted molar refractivity (Wildman–Crippen MR) is 92.1 cm³/mol. The van der Waals surface area contributed by atoms with E-state index in [1.807, 2.05) is 18.7 Å². The van der Waals surface area contributed by atoms with E-state index in [4.69, 9.17) is 21.1 Å². The lowest BCUT2D eigenvalue weighted by molar-refractivity contribution is 0.0587. The zero-order valence-corrected chi connectivity index (χ0v) is 15.6. The maximum atomic E-state index is 12.7. The third-order valence-corrected chi connectivity index (χ3v) is 5.84. The van der Waals surface area contributed by atoms with E-state index in [2.05, 4.69) is 0 Å². The third-order valence-electron chi connectivity index (χ3n) is 4.65. The topological polar surface area (TPSA) is 59.1 Å². The van der Waals surface area contributed by atoms with E-state index in [0.29, 0.717) is 35.3 Å². The van der Waals surface area contributed by atoms with Crippen molar-refractivity contribution in [1.29, 1.82) is 0 Å². The van der Waals surface area contributed by atoms with Crippen LogP contribution in [0.3, 0.4) is 0 Å². The van der Waals surface area contributed by atoms with Gasteiger partial charge in [0, 0.05) is 24.5 Å². The van der Waals surface area contributed by atoms with Crippen molar-refractivity contribution in [3.8, 4) is 5.75 Å². The lowest BCUT2D eigenvalue weighted by Crippen LogP contribution is -2.53. The number of methoxy groups -OCH3 is 1. The molecule has 0 aromatic carbocycles. The molecule has 8 heteroatoms. The van der Waals surface area contributed by atoms with E-state index >= 15 is 0 Å². The Bertz CT molecular complexity index is 653. The average Bonchev–Trinajstić information content (AvgIpc) is 3.06. The van der Waals surface area contributed by atoms with Crippen LogP contribution in [0.15, 0.2) is 5.38 Å². The summed E-state index contributed by atoms with van der Waals surface area (Å²) in [5.74, 6) is 0.370. The van der Waals surface area contributed by atoms with E-state index in [1.165, 1.54) is 18.4 Å². The van der Waals surface area contributed by atoms with Crippen LogP contribution < -0.4 is 4.74 Å². The van der Waals surface area contributed by atoms with Crippen LogP contribution >= 0.6 is 22.9 Å². The van der Waals surface area contributed by atoms with Gasteiger partial charge >= 0.3 is 6.09 Å². The first-order chi connectivity index (χ1) is 11.3. The summed E-state index contributed by atoms with van der Waals surface area (Å²) in [4.78, 5) is 28.3. The van der Waals surface area contributed by atoms with E-state index < -0.39 is 0 Å². The van der Waals surface area contributed by atoms with Gasteiger partial charge in [0.25, 0.3) is 5.91 Å². The first-order valence-corrected chi connectivity index (χ1v) is 9.17. The number of amides is 2. The summed E-state index contributed by atoms with van der Waals surface area (Å²) < 4.78 is 10.9. The third kappa shape index (κ3) is 2.95. The Morgan fingerprint density at radius 2 is 2.08 bits per heavy atom. The molecule has 132 valence electrons. The smallest absolute Gasteiger partial charge is 0.410 e. The van der Waals surface area contributed by atoms with Gasteiger partial charge in [-0.1, -0.05) is 11.6 Å². The molecule has 1 aromatic rings. The second kappa shape index (κ2) is 6.44. The number of cyclic esters (lactones) is 1. The normalized spacial score (nSPS) is 21.1. The molecule has 0 aliphatic carbocycles. The first kappa shape index (κ1) is 17.4. The monoisotopic (exact) mass is 372 g/mol. The van der Waals surface area contributed by atoms with E-state index in [0.717, 1.165) is 12.8 Å². The van der Waals surface area contributed by atoms with Crippen molar-refractivity contribution in [1.82, 2.24) is 9.80 Å². The molecule has 0 unspecified atom stereocenters. The summed E-state index contributed by atoms with van der Waals surface area (Å²) in [5, 5.41) is 1.73. The highest BCUT2D eigenvalue weighted by Gasteiger charge is 2.45. The zero-order valence-electron chi connectivity index (χ0n) is 14.0. The Balaban J connectivity index is 1.67. The fraction of sp³-hybridized carbons (Fsp3) is 0.625. The van der Waals surface area contributed by atoms with Gasteiger partial charge in [-0.2, -0.15) is 0 Å². The SMILES string of the molecule is COc1c(C(=O)N2CCC(N3C(=O)OCC3(C)C)CC2)csc1Cl. The number of hydrogen-bond donors (Lipinski definition) is 0. The zero-order chi connectivity index (χ0) is 17.5. The summed E-state index contributed by atoms with van der Waals surface area (Å²) in [5.41, 5.74) is 0.213. The molecular weight excluding hydrogens is 352 g/mol. The molecule has 2 amide bonds. The molecular formula is C16H21ClN2O4S.